The number of carbonyl (C=O) groups is 6. The SMILES string of the molecule is COC(=O)N[C@H](C(=O)N1CCC[C@@]1(C(N)=O)c1ccc(-c2ccc(-c3ccc([C@]4(C(N)=O)CCCN4C(=O)[C@@H](NC(=O)OC)C(C)C)cc3)n2-c2ccc(C(C)(C)C)cc2)cc1)C(C)C. The molecule has 0 aliphatic carbocycles. The molecule has 2 fully saturated rings. The molecule has 3 aromatic carbocycles. The molecule has 0 unspecified atom stereocenters. The summed E-state index contributed by atoms with van der Waals surface area (Å²) in [6.07, 6.45) is 0.219. The maximum absolute atomic E-state index is 14.1. The number of primary amides is 2. The van der Waals surface area contributed by atoms with Gasteiger partial charge in [-0.1, -0.05) is 109 Å². The van der Waals surface area contributed by atoms with Gasteiger partial charge < -0.3 is 45.9 Å². The van der Waals surface area contributed by atoms with Crippen molar-refractivity contribution >= 4 is 35.8 Å². The van der Waals surface area contributed by atoms with Gasteiger partial charge in [0.1, 0.15) is 23.2 Å². The van der Waals surface area contributed by atoms with Gasteiger partial charge >= 0.3 is 12.2 Å². The first-order chi connectivity index (χ1) is 30.7. The number of likely N-dealkylation sites (tertiary alicyclic amines) is 2. The van der Waals surface area contributed by atoms with E-state index in [1.807, 2.05) is 88.4 Å². The number of hydrogen-bond acceptors (Lipinski definition) is 8. The minimum atomic E-state index is -1.44. The Morgan fingerprint density at radius 2 is 0.954 bits per heavy atom. The molecule has 65 heavy (non-hydrogen) atoms. The third-order valence-electron chi connectivity index (χ3n) is 13.1. The molecule has 15 nitrogen and oxygen atoms in total. The molecule has 0 radical (unpaired) electrons. The molecule has 4 atom stereocenters. The van der Waals surface area contributed by atoms with Crippen molar-refractivity contribution in [1.82, 2.24) is 25.0 Å². The largest absolute Gasteiger partial charge is 0.453 e. The van der Waals surface area contributed by atoms with Crippen LogP contribution >= 0.6 is 0 Å². The molecule has 2 aliphatic rings. The molecular formula is C50H63N7O8. The second-order valence-corrected chi connectivity index (χ2v) is 18.7. The Hall–Kier alpha value is -6.64. The zero-order valence-corrected chi connectivity index (χ0v) is 38.9. The van der Waals surface area contributed by atoms with Gasteiger partial charge in [-0.05, 0) is 95.0 Å². The molecule has 1 aromatic heterocycles. The maximum atomic E-state index is 14.1. The van der Waals surface area contributed by atoms with Crippen molar-refractivity contribution < 1.29 is 38.2 Å². The third kappa shape index (κ3) is 8.92. The number of amides is 6. The maximum Gasteiger partial charge on any atom is 0.407 e. The Bertz CT molecular complexity index is 2280. The van der Waals surface area contributed by atoms with Crippen LogP contribution in [0, 0.1) is 11.8 Å². The minimum absolute atomic E-state index is 0.0839. The number of rotatable bonds is 13. The van der Waals surface area contributed by atoms with E-state index in [1.54, 1.807) is 0 Å². The van der Waals surface area contributed by atoms with Crippen LogP contribution in [-0.4, -0.2) is 89.6 Å². The molecule has 0 bridgehead atoms. The average molecular weight is 890 g/mol. The fourth-order valence-electron chi connectivity index (χ4n) is 9.48. The number of aromatic nitrogens is 1. The number of alkyl carbamates (subject to hydrolysis) is 2. The Balaban J connectivity index is 1.41. The van der Waals surface area contributed by atoms with Gasteiger partial charge in [0, 0.05) is 18.8 Å². The highest BCUT2D eigenvalue weighted by molar-refractivity contribution is 5.96. The highest BCUT2D eigenvalue weighted by atomic mass is 16.5. The molecule has 6 rings (SSSR count). The first-order valence-electron chi connectivity index (χ1n) is 22.2. The molecule has 15 heteroatoms. The number of ether oxygens (including phenoxy) is 2. The van der Waals surface area contributed by atoms with E-state index in [-0.39, 0.29) is 30.3 Å². The van der Waals surface area contributed by atoms with Crippen LogP contribution in [0.5, 0.6) is 0 Å². The van der Waals surface area contributed by atoms with E-state index in [9.17, 15) is 28.8 Å². The molecule has 3 heterocycles. The number of hydrogen-bond donors (Lipinski definition) is 4. The van der Waals surface area contributed by atoms with Gasteiger partial charge in [-0.3, -0.25) is 19.2 Å². The van der Waals surface area contributed by atoms with Crippen LogP contribution in [-0.2, 0) is 45.1 Å². The molecule has 4 aromatic rings. The monoisotopic (exact) mass is 889 g/mol. The lowest BCUT2D eigenvalue weighted by Gasteiger charge is -2.39. The summed E-state index contributed by atoms with van der Waals surface area (Å²) in [5, 5.41) is 5.27. The predicted octanol–water partition coefficient (Wildman–Crippen LogP) is 6.48. The van der Waals surface area contributed by atoms with E-state index in [4.69, 9.17) is 20.9 Å². The molecule has 0 saturated carbocycles. The lowest BCUT2D eigenvalue weighted by Crippen LogP contribution is -2.59. The quantitative estimate of drug-likeness (QED) is 0.117. The van der Waals surface area contributed by atoms with Gasteiger partial charge in [0.15, 0.2) is 0 Å². The first-order valence-corrected chi connectivity index (χ1v) is 22.2. The van der Waals surface area contributed by atoms with Crippen molar-refractivity contribution in [3.63, 3.8) is 0 Å². The standard InChI is InChI=1S/C50H63N7O8/c1-30(2)40(53-46(62)64-8)42(58)55-28-10-26-49(55,44(51)60)35-16-12-32(13-17-35)38-24-25-39(57(38)37-22-20-34(21-23-37)48(5,6)7)33-14-18-36(19-15-33)50(45(52)61)27-11-29-56(50)43(59)41(31(3)4)54-47(63)65-9/h12-25,30-31,40-41H,10-11,26-29H2,1-9H3,(H2,51,60)(H2,52,61)(H,53,62)(H,54,63)/t40-,41-,49-,50-/m0/s1. The number of carbonyl (C=O) groups excluding carboxylic acids is 6. The number of methoxy groups -OCH3 is 2. The summed E-state index contributed by atoms with van der Waals surface area (Å²) in [6.45, 7) is 14.3. The Kier molecular flexibility index (Phi) is 13.9. The second-order valence-electron chi connectivity index (χ2n) is 18.7. The highest BCUT2D eigenvalue weighted by Crippen LogP contribution is 2.43. The van der Waals surface area contributed by atoms with Crippen LogP contribution in [0.4, 0.5) is 9.59 Å². The molecule has 6 amide bonds. The van der Waals surface area contributed by atoms with Crippen molar-refractivity contribution in [3.8, 4) is 28.2 Å². The first kappa shape index (κ1) is 47.8. The van der Waals surface area contributed by atoms with E-state index in [0.29, 0.717) is 36.8 Å². The van der Waals surface area contributed by atoms with Crippen molar-refractivity contribution in [1.29, 1.82) is 0 Å². The number of nitrogens with one attached hydrogen (secondary N) is 2. The van der Waals surface area contributed by atoms with E-state index >= 15 is 0 Å². The summed E-state index contributed by atoms with van der Waals surface area (Å²) >= 11 is 0. The van der Waals surface area contributed by atoms with Crippen LogP contribution in [0.3, 0.4) is 0 Å². The average Bonchev–Trinajstić information content (AvgIpc) is 4.05. The van der Waals surface area contributed by atoms with Crippen LogP contribution in [0.2, 0.25) is 0 Å². The van der Waals surface area contributed by atoms with E-state index < -0.39 is 59.0 Å². The van der Waals surface area contributed by atoms with Crippen LogP contribution in [0.1, 0.15) is 90.8 Å². The minimum Gasteiger partial charge on any atom is -0.453 e. The van der Waals surface area contributed by atoms with Crippen LogP contribution in [0.15, 0.2) is 84.9 Å². The summed E-state index contributed by atoms with van der Waals surface area (Å²) in [6, 6.07) is 25.5. The van der Waals surface area contributed by atoms with E-state index in [2.05, 4.69) is 60.2 Å². The zero-order chi connectivity index (χ0) is 47.6. The Labute approximate surface area is 381 Å². The van der Waals surface area contributed by atoms with Crippen molar-refractivity contribution in [2.45, 2.75) is 103 Å². The van der Waals surface area contributed by atoms with Gasteiger partial charge in [-0.15, -0.1) is 0 Å². The fourth-order valence-corrected chi connectivity index (χ4v) is 9.48. The predicted molar refractivity (Wildman–Crippen MR) is 247 cm³/mol. The summed E-state index contributed by atoms with van der Waals surface area (Å²) in [7, 11) is 2.46. The van der Waals surface area contributed by atoms with Crippen LogP contribution < -0.4 is 22.1 Å². The van der Waals surface area contributed by atoms with Gasteiger partial charge in [0.25, 0.3) is 0 Å². The number of nitrogens with zero attached hydrogens (tertiary/aromatic N) is 3. The Morgan fingerprint density at radius 3 is 1.26 bits per heavy atom. The van der Waals surface area contributed by atoms with Crippen LogP contribution in [0.25, 0.3) is 28.2 Å². The van der Waals surface area contributed by atoms with Crippen molar-refractivity contribution in [2.24, 2.45) is 23.3 Å². The van der Waals surface area contributed by atoms with Crippen molar-refractivity contribution in [2.75, 3.05) is 27.3 Å². The number of benzene rings is 3. The topological polar surface area (TPSA) is 208 Å². The summed E-state index contributed by atoms with van der Waals surface area (Å²) in [5.74, 6) is -2.75. The lowest BCUT2D eigenvalue weighted by molar-refractivity contribution is -0.146. The molecule has 6 N–H and O–H groups in total. The number of nitrogens with two attached hydrogens (primary N) is 2. The molecule has 2 aliphatic heterocycles. The summed E-state index contributed by atoms with van der Waals surface area (Å²) < 4.78 is 11.7. The molecule has 0 spiro atoms. The molecular weight excluding hydrogens is 827 g/mol. The third-order valence-corrected chi connectivity index (χ3v) is 13.1. The molecule has 346 valence electrons. The van der Waals surface area contributed by atoms with Crippen molar-refractivity contribution in [3.05, 3.63) is 102 Å². The lowest BCUT2D eigenvalue weighted by atomic mass is 9.85. The zero-order valence-electron chi connectivity index (χ0n) is 38.9. The van der Waals surface area contributed by atoms with Gasteiger partial charge in [0.05, 0.1) is 25.6 Å². The smallest absolute Gasteiger partial charge is 0.407 e. The second kappa shape index (κ2) is 18.8. The van der Waals surface area contributed by atoms with E-state index in [0.717, 1.165) is 33.8 Å². The fraction of sp³-hybridized carbons (Fsp3) is 0.440. The molecule has 2 saturated heterocycles. The van der Waals surface area contributed by atoms with E-state index in [1.165, 1.54) is 24.0 Å². The normalized spacial score (nSPS) is 19.5. The van der Waals surface area contributed by atoms with Gasteiger partial charge in [-0.2, -0.15) is 0 Å². The van der Waals surface area contributed by atoms with Gasteiger partial charge in [-0.25, -0.2) is 9.59 Å². The summed E-state index contributed by atoms with van der Waals surface area (Å²) in [5.41, 5.74) is 15.9. The Morgan fingerprint density at radius 1 is 0.585 bits per heavy atom. The van der Waals surface area contributed by atoms with Gasteiger partial charge in [0.2, 0.25) is 23.6 Å². The highest BCUT2D eigenvalue weighted by Gasteiger charge is 2.53. The summed E-state index contributed by atoms with van der Waals surface area (Å²) in [4.78, 5) is 82.8.